The number of ketones is 1. The lowest BCUT2D eigenvalue weighted by Gasteiger charge is -2.36. The molecule has 1 aliphatic rings. The molecule has 1 heterocycles. The predicted octanol–water partition coefficient (Wildman–Crippen LogP) is 4.37. The van der Waals surface area contributed by atoms with Crippen molar-refractivity contribution in [2.24, 2.45) is 0 Å². The average molecular weight is 380 g/mol. The van der Waals surface area contributed by atoms with Gasteiger partial charge in [-0.05, 0) is 55.2 Å². The van der Waals surface area contributed by atoms with Gasteiger partial charge in [0.15, 0.2) is 5.78 Å². The molecule has 1 fully saturated rings. The molecule has 1 aliphatic heterocycles. The van der Waals surface area contributed by atoms with Crippen LogP contribution < -0.4 is 10.2 Å². The maximum Gasteiger partial charge on any atom is 0.321 e. The summed E-state index contributed by atoms with van der Waals surface area (Å²) in [5.74, 6) is 0.0758. The lowest BCUT2D eigenvalue weighted by atomic mass is 10.0. The summed E-state index contributed by atoms with van der Waals surface area (Å²) in [6.45, 7) is 8.71. The van der Waals surface area contributed by atoms with Gasteiger partial charge in [0.2, 0.25) is 0 Å². The summed E-state index contributed by atoms with van der Waals surface area (Å²) in [4.78, 5) is 28.4. The average Bonchev–Trinajstić information content (AvgIpc) is 2.74. The Balaban J connectivity index is 1.62. The Hall–Kier alpha value is -2.82. The zero-order chi connectivity index (χ0) is 20.1. The summed E-state index contributed by atoms with van der Waals surface area (Å²) in [7, 11) is 0. The number of hydrogen-bond donors (Lipinski definition) is 1. The summed E-state index contributed by atoms with van der Waals surface area (Å²) in [5, 5.41) is 3.16. The minimum absolute atomic E-state index is 0.0258. The Kier molecular flexibility index (Phi) is 6.34. The third kappa shape index (κ3) is 4.35. The number of nitrogens with one attached hydrogen (secondary N) is 1. The van der Waals surface area contributed by atoms with E-state index >= 15 is 0 Å². The number of benzene rings is 2. The maximum absolute atomic E-state index is 12.8. The molecule has 0 radical (unpaired) electrons. The number of anilines is 2. The first-order valence-electron chi connectivity index (χ1n) is 10.1. The first-order valence-corrected chi connectivity index (χ1v) is 10.1. The highest BCUT2D eigenvalue weighted by atomic mass is 16.2. The smallest absolute Gasteiger partial charge is 0.321 e. The summed E-state index contributed by atoms with van der Waals surface area (Å²) >= 11 is 0. The standard InChI is InChI=1S/C23H29N3O2/c1-4-18-7-6-8-19(5-2)22(18)24-23(28)26-15-13-25(14-16-26)21-11-9-20(10-12-21)17(3)27/h6-12H,4-5,13-16H2,1-3H3,(H,24,28). The predicted molar refractivity (Wildman–Crippen MR) is 114 cm³/mol. The van der Waals surface area contributed by atoms with Gasteiger partial charge in [0.1, 0.15) is 0 Å². The van der Waals surface area contributed by atoms with Gasteiger partial charge >= 0.3 is 6.03 Å². The third-order valence-electron chi connectivity index (χ3n) is 5.44. The second-order valence-corrected chi connectivity index (χ2v) is 7.17. The summed E-state index contributed by atoms with van der Waals surface area (Å²) < 4.78 is 0. The fourth-order valence-corrected chi connectivity index (χ4v) is 3.66. The molecule has 3 rings (SSSR count). The molecule has 0 unspecified atom stereocenters. The molecule has 5 heteroatoms. The Morgan fingerprint density at radius 1 is 0.893 bits per heavy atom. The van der Waals surface area contributed by atoms with Crippen molar-refractivity contribution >= 4 is 23.2 Å². The van der Waals surface area contributed by atoms with Crippen molar-refractivity contribution in [2.45, 2.75) is 33.6 Å². The fraction of sp³-hybridized carbons (Fsp3) is 0.391. The van der Waals surface area contributed by atoms with Crippen molar-refractivity contribution in [3.05, 3.63) is 59.2 Å². The summed E-state index contributed by atoms with van der Waals surface area (Å²) in [6, 6.07) is 13.9. The molecule has 0 spiro atoms. The number of hydrogen-bond acceptors (Lipinski definition) is 3. The van der Waals surface area contributed by atoms with Crippen molar-refractivity contribution in [2.75, 3.05) is 36.4 Å². The Bertz CT molecular complexity index is 815. The molecule has 0 atom stereocenters. The number of urea groups is 1. The minimum atomic E-state index is -0.0258. The van der Waals surface area contributed by atoms with Gasteiger partial charge in [0.05, 0.1) is 0 Å². The van der Waals surface area contributed by atoms with Crippen LogP contribution in [0.5, 0.6) is 0 Å². The highest BCUT2D eigenvalue weighted by molar-refractivity contribution is 5.94. The SMILES string of the molecule is CCc1cccc(CC)c1NC(=O)N1CCN(c2ccc(C(C)=O)cc2)CC1. The normalized spacial score (nSPS) is 14.1. The van der Waals surface area contributed by atoms with Crippen molar-refractivity contribution < 1.29 is 9.59 Å². The number of piperazine rings is 1. The van der Waals surface area contributed by atoms with E-state index in [1.54, 1.807) is 6.92 Å². The van der Waals surface area contributed by atoms with Crippen LogP contribution in [0.15, 0.2) is 42.5 Å². The zero-order valence-electron chi connectivity index (χ0n) is 17.0. The third-order valence-corrected chi connectivity index (χ3v) is 5.44. The van der Waals surface area contributed by atoms with Crippen LogP contribution in [0.1, 0.15) is 42.3 Å². The first-order chi connectivity index (χ1) is 13.5. The molecule has 28 heavy (non-hydrogen) atoms. The molecule has 0 saturated carbocycles. The highest BCUT2D eigenvalue weighted by Gasteiger charge is 2.22. The van der Waals surface area contributed by atoms with Gasteiger partial charge in [-0.3, -0.25) is 4.79 Å². The number of rotatable bonds is 5. The van der Waals surface area contributed by atoms with Crippen LogP contribution >= 0.6 is 0 Å². The molecular formula is C23H29N3O2. The zero-order valence-corrected chi connectivity index (χ0v) is 17.0. The fourth-order valence-electron chi connectivity index (χ4n) is 3.66. The quantitative estimate of drug-likeness (QED) is 0.785. The Morgan fingerprint density at radius 2 is 1.46 bits per heavy atom. The van der Waals surface area contributed by atoms with E-state index in [4.69, 9.17) is 0 Å². The van der Waals surface area contributed by atoms with Crippen molar-refractivity contribution in [1.82, 2.24) is 4.90 Å². The van der Waals surface area contributed by atoms with Gasteiger partial charge < -0.3 is 15.1 Å². The van der Waals surface area contributed by atoms with Gasteiger partial charge in [0, 0.05) is 43.1 Å². The van der Waals surface area contributed by atoms with Crippen molar-refractivity contribution in [3.63, 3.8) is 0 Å². The van der Waals surface area contributed by atoms with E-state index in [1.807, 2.05) is 29.2 Å². The molecule has 0 bridgehead atoms. The van der Waals surface area contributed by atoms with Crippen LogP contribution in [0.25, 0.3) is 0 Å². The number of aryl methyl sites for hydroxylation is 2. The maximum atomic E-state index is 12.8. The minimum Gasteiger partial charge on any atom is -0.368 e. The molecule has 0 aliphatic carbocycles. The number of carbonyl (C=O) groups is 2. The van der Waals surface area contributed by atoms with Crippen LogP contribution in [0, 0.1) is 0 Å². The van der Waals surface area contributed by atoms with Gasteiger partial charge in [-0.15, -0.1) is 0 Å². The number of nitrogens with zero attached hydrogens (tertiary/aromatic N) is 2. The molecule has 2 aromatic rings. The van der Waals surface area contributed by atoms with Crippen LogP contribution in [-0.4, -0.2) is 42.9 Å². The van der Waals surface area contributed by atoms with Gasteiger partial charge in [-0.25, -0.2) is 4.79 Å². The molecule has 148 valence electrons. The molecule has 5 nitrogen and oxygen atoms in total. The highest BCUT2D eigenvalue weighted by Crippen LogP contribution is 2.24. The number of amides is 2. The first kappa shape index (κ1) is 19.9. The summed E-state index contributed by atoms with van der Waals surface area (Å²) in [5.41, 5.74) is 5.14. The monoisotopic (exact) mass is 379 g/mol. The van der Waals surface area contributed by atoms with Crippen LogP contribution in [0.4, 0.5) is 16.2 Å². The number of para-hydroxylation sites is 1. The topological polar surface area (TPSA) is 52.7 Å². The van der Waals surface area contributed by atoms with E-state index < -0.39 is 0 Å². The van der Waals surface area contributed by atoms with Gasteiger partial charge in [0.25, 0.3) is 0 Å². The largest absolute Gasteiger partial charge is 0.368 e. The van der Waals surface area contributed by atoms with E-state index in [0.717, 1.165) is 42.9 Å². The lowest BCUT2D eigenvalue weighted by Crippen LogP contribution is -2.50. The Labute approximate surface area is 167 Å². The van der Waals surface area contributed by atoms with Crippen LogP contribution in [-0.2, 0) is 12.8 Å². The van der Waals surface area contributed by atoms with E-state index in [1.165, 1.54) is 11.1 Å². The van der Waals surface area contributed by atoms with E-state index in [9.17, 15) is 9.59 Å². The summed E-state index contributed by atoms with van der Waals surface area (Å²) in [6.07, 6.45) is 1.79. The van der Waals surface area contributed by atoms with Crippen LogP contribution in [0.3, 0.4) is 0 Å². The number of carbonyl (C=O) groups excluding carboxylic acids is 2. The molecule has 0 aromatic heterocycles. The van der Waals surface area contributed by atoms with Crippen molar-refractivity contribution in [3.8, 4) is 0 Å². The van der Waals surface area contributed by atoms with E-state index in [-0.39, 0.29) is 11.8 Å². The van der Waals surface area contributed by atoms with Crippen molar-refractivity contribution in [1.29, 1.82) is 0 Å². The Morgan fingerprint density at radius 3 is 1.96 bits per heavy atom. The van der Waals surface area contributed by atoms with E-state index in [2.05, 4.69) is 42.3 Å². The van der Waals surface area contributed by atoms with Crippen LogP contribution in [0.2, 0.25) is 0 Å². The second kappa shape index (κ2) is 8.91. The van der Waals surface area contributed by atoms with Gasteiger partial charge in [-0.2, -0.15) is 0 Å². The van der Waals surface area contributed by atoms with E-state index in [0.29, 0.717) is 13.1 Å². The molecule has 2 amide bonds. The van der Waals surface area contributed by atoms with Gasteiger partial charge in [-0.1, -0.05) is 32.0 Å². The number of Topliss-reactive ketones (excluding diaryl/α,β-unsaturated/α-hetero) is 1. The molecular weight excluding hydrogens is 350 g/mol. The molecule has 2 aromatic carbocycles. The second-order valence-electron chi connectivity index (χ2n) is 7.17. The molecule has 1 saturated heterocycles. The lowest BCUT2D eigenvalue weighted by molar-refractivity contribution is 0.101. The molecule has 1 N–H and O–H groups in total.